The van der Waals surface area contributed by atoms with E-state index in [4.69, 9.17) is 5.73 Å². The highest BCUT2D eigenvalue weighted by Crippen LogP contribution is 2.25. The van der Waals surface area contributed by atoms with Gasteiger partial charge in [0.2, 0.25) is 10.0 Å². The third kappa shape index (κ3) is 3.29. The number of esters is 1. The number of methoxy groups -OCH3 is 1. The number of nitrogen functional groups attached to an aromatic ring is 1. The van der Waals surface area contributed by atoms with Crippen LogP contribution in [0.2, 0.25) is 0 Å². The van der Waals surface area contributed by atoms with Crippen molar-refractivity contribution >= 4 is 27.4 Å². The van der Waals surface area contributed by atoms with Crippen molar-refractivity contribution in [3.8, 4) is 0 Å². The molecule has 0 bridgehead atoms. The number of hydrogen-bond donors (Lipinski definition) is 2. The number of carbonyl (C=O) groups excluding carboxylic acids is 1. The average molecular weight is 280 g/mol. The van der Waals surface area contributed by atoms with E-state index in [1.807, 2.05) is 0 Å². The number of halogens is 2. The molecule has 1 aromatic carbocycles. The standard InChI is InChI=1S/C9H10F2N2O4S/c1-17-7(14)4-18(15,16)13-9-6(12)3-2-5(10)8(9)11/h2-3,13H,4,12H2,1H3. The van der Waals surface area contributed by atoms with Gasteiger partial charge in [-0.25, -0.2) is 17.2 Å². The Kier molecular flexibility index (Phi) is 4.07. The Labute approximate surface area is 102 Å². The minimum atomic E-state index is -4.22. The minimum absolute atomic E-state index is 0.303. The lowest BCUT2D eigenvalue weighted by Crippen LogP contribution is -2.24. The Hall–Kier alpha value is -1.90. The molecule has 9 heteroatoms. The van der Waals surface area contributed by atoms with E-state index in [0.29, 0.717) is 0 Å². The maximum absolute atomic E-state index is 13.3. The maximum atomic E-state index is 13.3. The van der Waals surface area contributed by atoms with E-state index >= 15 is 0 Å². The number of hydrogen-bond acceptors (Lipinski definition) is 5. The molecule has 1 aromatic rings. The van der Waals surface area contributed by atoms with Crippen LogP contribution in [0.4, 0.5) is 20.2 Å². The fourth-order valence-corrected chi connectivity index (χ4v) is 2.09. The first-order chi connectivity index (χ1) is 8.26. The molecule has 0 saturated heterocycles. The van der Waals surface area contributed by atoms with Gasteiger partial charge < -0.3 is 10.5 Å². The van der Waals surface area contributed by atoms with Crippen molar-refractivity contribution in [1.82, 2.24) is 0 Å². The molecule has 1 rings (SSSR count). The SMILES string of the molecule is COC(=O)CS(=O)(=O)Nc1c(N)ccc(F)c1F. The smallest absolute Gasteiger partial charge is 0.322 e. The summed E-state index contributed by atoms with van der Waals surface area (Å²) in [6.45, 7) is 0. The van der Waals surface area contributed by atoms with E-state index in [1.165, 1.54) is 0 Å². The van der Waals surface area contributed by atoms with Crippen LogP contribution in [0.15, 0.2) is 12.1 Å². The first kappa shape index (κ1) is 14.2. The van der Waals surface area contributed by atoms with Crippen molar-refractivity contribution in [3.63, 3.8) is 0 Å². The Morgan fingerprint density at radius 2 is 2.06 bits per heavy atom. The molecule has 6 nitrogen and oxygen atoms in total. The fraction of sp³-hybridized carbons (Fsp3) is 0.222. The second-order valence-corrected chi connectivity index (χ2v) is 4.99. The van der Waals surface area contributed by atoms with Crippen molar-refractivity contribution in [2.45, 2.75) is 0 Å². The molecule has 0 saturated carbocycles. The molecule has 0 unspecified atom stereocenters. The van der Waals surface area contributed by atoms with Gasteiger partial charge in [0.15, 0.2) is 17.4 Å². The van der Waals surface area contributed by atoms with Crippen LogP contribution < -0.4 is 10.5 Å². The molecule has 0 fully saturated rings. The third-order valence-electron chi connectivity index (χ3n) is 1.92. The summed E-state index contributed by atoms with van der Waals surface area (Å²) < 4.78 is 54.9. The summed E-state index contributed by atoms with van der Waals surface area (Å²) in [7, 11) is -3.22. The van der Waals surface area contributed by atoms with Gasteiger partial charge in [0.25, 0.3) is 0 Å². The Morgan fingerprint density at radius 1 is 1.44 bits per heavy atom. The lowest BCUT2D eigenvalue weighted by molar-refractivity contribution is -0.137. The molecule has 0 radical (unpaired) electrons. The van der Waals surface area contributed by atoms with Crippen LogP contribution in [0.1, 0.15) is 0 Å². The Bertz CT molecular complexity index is 574. The molecule has 0 atom stereocenters. The molecule has 0 amide bonds. The first-order valence-corrected chi connectivity index (χ1v) is 6.23. The minimum Gasteiger partial charge on any atom is -0.468 e. The molecule has 0 heterocycles. The van der Waals surface area contributed by atoms with Crippen molar-refractivity contribution in [1.29, 1.82) is 0 Å². The zero-order valence-corrected chi connectivity index (χ0v) is 10.1. The monoisotopic (exact) mass is 280 g/mol. The van der Waals surface area contributed by atoms with Crippen LogP contribution in [-0.2, 0) is 19.6 Å². The highest BCUT2D eigenvalue weighted by molar-refractivity contribution is 7.93. The normalized spacial score (nSPS) is 11.1. The summed E-state index contributed by atoms with van der Waals surface area (Å²) in [5.74, 6) is -4.78. The van der Waals surface area contributed by atoms with Gasteiger partial charge in [-0.3, -0.25) is 9.52 Å². The molecule has 3 N–H and O–H groups in total. The van der Waals surface area contributed by atoms with Gasteiger partial charge in [-0.2, -0.15) is 0 Å². The average Bonchev–Trinajstić information content (AvgIpc) is 2.29. The van der Waals surface area contributed by atoms with Crippen molar-refractivity contribution in [2.24, 2.45) is 0 Å². The molecule has 100 valence electrons. The Morgan fingerprint density at radius 3 is 2.61 bits per heavy atom. The number of nitrogens with two attached hydrogens (primary N) is 1. The molecule has 0 aromatic heterocycles. The van der Waals surface area contributed by atoms with Crippen LogP contribution in [0, 0.1) is 11.6 Å². The van der Waals surface area contributed by atoms with E-state index in [1.54, 1.807) is 4.72 Å². The van der Waals surface area contributed by atoms with E-state index in [0.717, 1.165) is 19.2 Å². The topological polar surface area (TPSA) is 98.5 Å². The number of rotatable bonds is 4. The quantitative estimate of drug-likeness (QED) is 0.616. The largest absolute Gasteiger partial charge is 0.468 e. The molecule has 0 aliphatic heterocycles. The van der Waals surface area contributed by atoms with Gasteiger partial charge >= 0.3 is 5.97 Å². The van der Waals surface area contributed by atoms with Crippen molar-refractivity contribution < 1.29 is 26.7 Å². The maximum Gasteiger partial charge on any atom is 0.322 e. The highest BCUT2D eigenvalue weighted by Gasteiger charge is 2.21. The molecule has 0 aliphatic rings. The van der Waals surface area contributed by atoms with Crippen molar-refractivity contribution in [3.05, 3.63) is 23.8 Å². The van der Waals surface area contributed by atoms with E-state index in [9.17, 15) is 22.0 Å². The number of ether oxygens (including phenoxy) is 1. The van der Waals surface area contributed by atoms with Gasteiger partial charge in [0, 0.05) is 0 Å². The number of sulfonamides is 1. The lowest BCUT2D eigenvalue weighted by atomic mass is 10.2. The molecule has 0 aliphatic carbocycles. The fourth-order valence-electron chi connectivity index (χ4n) is 1.07. The molecular weight excluding hydrogens is 270 g/mol. The summed E-state index contributed by atoms with van der Waals surface area (Å²) in [4.78, 5) is 10.8. The molecule has 18 heavy (non-hydrogen) atoms. The highest BCUT2D eigenvalue weighted by atomic mass is 32.2. The second-order valence-electron chi connectivity index (χ2n) is 3.26. The third-order valence-corrected chi connectivity index (χ3v) is 3.05. The van der Waals surface area contributed by atoms with Crippen LogP contribution in [0.25, 0.3) is 0 Å². The van der Waals surface area contributed by atoms with Gasteiger partial charge in [0.1, 0.15) is 5.69 Å². The number of benzene rings is 1. The zero-order chi connectivity index (χ0) is 13.9. The predicted octanol–water partition coefficient (Wildman–Crippen LogP) is 0.462. The zero-order valence-electron chi connectivity index (χ0n) is 9.24. The lowest BCUT2D eigenvalue weighted by Gasteiger charge is -2.10. The number of nitrogens with one attached hydrogen (secondary N) is 1. The van der Waals surface area contributed by atoms with Crippen molar-refractivity contribution in [2.75, 3.05) is 23.3 Å². The number of carbonyl (C=O) groups is 1. The number of anilines is 2. The summed E-state index contributed by atoms with van der Waals surface area (Å²) in [6, 6.07) is 1.75. The van der Waals surface area contributed by atoms with Crippen LogP contribution in [0.5, 0.6) is 0 Å². The van der Waals surface area contributed by atoms with E-state index in [2.05, 4.69) is 4.74 Å². The molecular formula is C9H10F2N2O4S. The van der Waals surface area contributed by atoms with E-state index in [-0.39, 0.29) is 5.69 Å². The summed E-state index contributed by atoms with van der Waals surface area (Å²) in [5.41, 5.74) is 4.27. The second kappa shape index (κ2) is 5.17. The van der Waals surface area contributed by atoms with Crippen LogP contribution in [0.3, 0.4) is 0 Å². The van der Waals surface area contributed by atoms with Gasteiger partial charge in [-0.05, 0) is 12.1 Å². The molecule has 0 spiro atoms. The van der Waals surface area contributed by atoms with E-state index < -0.39 is 39.1 Å². The van der Waals surface area contributed by atoms with Crippen LogP contribution >= 0.6 is 0 Å². The summed E-state index contributed by atoms with van der Waals surface area (Å²) >= 11 is 0. The summed E-state index contributed by atoms with van der Waals surface area (Å²) in [5, 5.41) is 0. The van der Waals surface area contributed by atoms with Gasteiger partial charge in [-0.1, -0.05) is 0 Å². The predicted molar refractivity (Wildman–Crippen MR) is 60.2 cm³/mol. The van der Waals surface area contributed by atoms with Gasteiger partial charge in [0.05, 0.1) is 12.8 Å². The van der Waals surface area contributed by atoms with Gasteiger partial charge in [-0.15, -0.1) is 0 Å². The van der Waals surface area contributed by atoms with Crippen LogP contribution in [-0.4, -0.2) is 27.2 Å². The summed E-state index contributed by atoms with van der Waals surface area (Å²) in [6.07, 6.45) is 0. The first-order valence-electron chi connectivity index (χ1n) is 4.57. The Balaban J connectivity index is 3.05.